The predicted octanol–water partition coefficient (Wildman–Crippen LogP) is 4.84. The highest BCUT2D eigenvalue weighted by atomic mass is 35.5. The molecule has 122 valence electrons. The van der Waals surface area contributed by atoms with Gasteiger partial charge in [0, 0.05) is 11.8 Å². The van der Waals surface area contributed by atoms with E-state index < -0.39 is 0 Å². The predicted molar refractivity (Wildman–Crippen MR) is 89.3 cm³/mol. The normalized spacial score (nSPS) is 17.6. The lowest BCUT2D eigenvalue weighted by molar-refractivity contribution is 0.261. The van der Waals surface area contributed by atoms with Crippen LogP contribution in [0.25, 0.3) is 11.3 Å². The molecule has 0 aliphatic carbocycles. The summed E-state index contributed by atoms with van der Waals surface area (Å²) < 4.78 is 20.2. The van der Waals surface area contributed by atoms with E-state index in [2.05, 4.69) is 23.8 Å². The van der Waals surface area contributed by atoms with E-state index in [4.69, 9.17) is 16.3 Å². The van der Waals surface area contributed by atoms with Crippen molar-refractivity contribution in [1.82, 2.24) is 9.97 Å². The molecule has 0 fully saturated rings. The highest BCUT2D eigenvalue weighted by Gasteiger charge is 2.24. The van der Waals surface area contributed by atoms with E-state index in [1.54, 1.807) is 6.20 Å². The van der Waals surface area contributed by atoms with Crippen molar-refractivity contribution in [2.75, 3.05) is 6.61 Å². The van der Waals surface area contributed by atoms with Gasteiger partial charge in [0.1, 0.15) is 0 Å². The number of fused-ring (bicyclic) bond motifs is 1. The fraction of sp³-hybridized carbons (Fsp3) is 0.444. The van der Waals surface area contributed by atoms with Crippen LogP contribution in [0.2, 0.25) is 5.28 Å². The Morgan fingerprint density at radius 1 is 1.35 bits per heavy atom. The Bertz CT molecular complexity index is 733. The molecule has 0 amide bonds. The van der Waals surface area contributed by atoms with Crippen LogP contribution in [-0.4, -0.2) is 16.6 Å². The molecule has 1 aromatic heterocycles. The van der Waals surface area contributed by atoms with Crippen molar-refractivity contribution < 1.29 is 9.13 Å². The number of hydrogen-bond donors (Lipinski definition) is 0. The Hall–Kier alpha value is -1.68. The van der Waals surface area contributed by atoms with Crippen molar-refractivity contribution in [2.24, 2.45) is 11.8 Å². The largest absolute Gasteiger partial charge is 0.490 e. The van der Waals surface area contributed by atoms with Gasteiger partial charge in [-0.25, -0.2) is 14.4 Å². The number of aryl methyl sites for hydroxylation is 1. The molecule has 5 heteroatoms. The number of hydrogen-bond acceptors (Lipinski definition) is 3. The molecule has 0 radical (unpaired) electrons. The van der Waals surface area contributed by atoms with Gasteiger partial charge in [-0.15, -0.1) is 0 Å². The molecular formula is C18H20ClFN2O. The van der Waals surface area contributed by atoms with Gasteiger partial charge in [0.05, 0.1) is 12.3 Å². The quantitative estimate of drug-likeness (QED) is 0.737. The van der Waals surface area contributed by atoms with Gasteiger partial charge in [-0.2, -0.15) is 0 Å². The van der Waals surface area contributed by atoms with E-state index in [1.807, 2.05) is 13.0 Å². The monoisotopic (exact) mass is 334 g/mol. The first kappa shape index (κ1) is 16.2. The van der Waals surface area contributed by atoms with E-state index >= 15 is 0 Å². The SMILES string of the molecule is Cc1cnc(Cl)nc1-c1cc(F)c2c(c1)CC(C(C)C)CCO2. The Kier molecular flexibility index (Phi) is 4.53. The summed E-state index contributed by atoms with van der Waals surface area (Å²) in [5.41, 5.74) is 3.15. The summed E-state index contributed by atoms with van der Waals surface area (Å²) in [4.78, 5) is 8.22. The summed E-state index contributed by atoms with van der Waals surface area (Å²) in [5.74, 6) is 1.07. The van der Waals surface area contributed by atoms with Crippen molar-refractivity contribution in [3.63, 3.8) is 0 Å². The molecule has 3 rings (SSSR count). The Balaban J connectivity index is 2.08. The second-order valence-electron chi connectivity index (χ2n) is 6.46. The Morgan fingerprint density at radius 3 is 2.87 bits per heavy atom. The van der Waals surface area contributed by atoms with E-state index in [1.165, 1.54) is 6.07 Å². The third kappa shape index (κ3) is 3.32. The molecule has 0 saturated heterocycles. The van der Waals surface area contributed by atoms with E-state index in [-0.39, 0.29) is 11.1 Å². The second kappa shape index (κ2) is 6.44. The molecule has 0 saturated carbocycles. The van der Waals surface area contributed by atoms with Crippen LogP contribution >= 0.6 is 11.6 Å². The second-order valence-corrected chi connectivity index (χ2v) is 6.80. The fourth-order valence-corrected chi connectivity index (χ4v) is 3.21. The Morgan fingerprint density at radius 2 is 2.13 bits per heavy atom. The zero-order valence-corrected chi connectivity index (χ0v) is 14.3. The average Bonchev–Trinajstić information content (AvgIpc) is 2.72. The molecule has 3 nitrogen and oxygen atoms in total. The molecule has 23 heavy (non-hydrogen) atoms. The van der Waals surface area contributed by atoms with Crippen LogP contribution in [0.5, 0.6) is 5.75 Å². The van der Waals surface area contributed by atoms with Crippen LogP contribution in [0, 0.1) is 24.6 Å². The molecule has 0 N–H and O–H groups in total. The smallest absolute Gasteiger partial charge is 0.222 e. The van der Waals surface area contributed by atoms with Crippen molar-refractivity contribution >= 4 is 11.6 Å². The lowest BCUT2D eigenvalue weighted by atomic mass is 9.86. The maximum absolute atomic E-state index is 14.6. The van der Waals surface area contributed by atoms with Gasteiger partial charge in [0.15, 0.2) is 11.6 Å². The minimum atomic E-state index is -0.337. The molecule has 1 aliphatic rings. The molecule has 1 unspecified atom stereocenters. The molecule has 1 atom stereocenters. The lowest BCUT2D eigenvalue weighted by Crippen LogP contribution is -2.12. The summed E-state index contributed by atoms with van der Waals surface area (Å²) in [5, 5.41) is 0.164. The molecule has 1 aliphatic heterocycles. The van der Waals surface area contributed by atoms with Crippen molar-refractivity contribution in [3.8, 4) is 17.0 Å². The van der Waals surface area contributed by atoms with Gasteiger partial charge in [0.2, 0.25) is 5.28 Å². The summed E-state index contributed by atoms with van der Waals surface area (Å²) in [6.45, 7) is 6.85. The van der Waals surface area contributed by atoms with Gasteiger partial charge in [-0.05, 0) is 66.5 Å². The van der Waals surface area contributed by atoms with Gasteiger partial charge in [0.25, 0.3) is 0 Å². The van der Waals surface area contributed by atoms with Gasteiger partial charge >= 0.3 is 0 Å². The van der Waals surface area contributed by atoms with Crippen molar-refractivity contribution in [3.05, 3.63) is 40.6 Å². The number of rotatable bonds is 2. The summed E-state index contributed by atoms with van der Waals surface area (Å²) in [6.07, 6.45) is 3.41. The first-order chi connectivity index (χ1) is 11.0. The van der Waals surface area contributed by atoms with E-state index in [9.17, 15) is 4.39 Å². The van der Waals surface area contributed by atoms with Crippen LogP contribution in [0.4, 0.5) is 4.39 Å². The van der Waals surface area contributed by atoms with Gasteiger partial charge in [-0.3, -0.25) is 0 Å². The van der Waals surface area contributed by atoms with E-state index in [0.717, 1.165) is 29.5 Å². The minimum Gasteiger partial charge on any atom is -0.490 e. The van der Waals surface area contributed by atoms with E-state index in [0.29, 0.717) is 29.9 Å². The van der Waals surface area contributed by atoms with Crippen LogP contribution in [0.15, 0.2) is 18.3 Å². The molecule has 2 aromatic rings. The minimum absolute atomic E-state index is 0.164. The maximum Gasteiger partial charge on any atom is 0.222 e. The lowest BCUT2D eigenvalue weighted by Gasteiger charge is -2.18. The number of ether oxygens (including phenoxy) is 1. The number of halogens is 2. The summed E-state index contributed by atoms with van der Waals surface area (Å²) in [6, 6.07) is 3.45. The first-order valence-electron chi connectivity index (χ1n) is 7.90. The highest BCUT2D eigenvalue weighted by molar-refractivity contribution is 6.28. The van der Waals surface area contributed by atoms with Crippen LogP contribution in [0.3, 0.4) is 0 Å². The molecule has 2 heterocycles. The third-order valence-electron chi connectivity index (χ3n) is 4.50. The molecule has 0 spiro atoms. The van der Waals surface area contributed by atoms with Crippen molar-refractivity contribution in [1.29, 1.82) is 0 Å². The van der Waals surface area contributed by atoms with Crippen molar-refractivity contribution in [2.45, 2.75) is 33.6 Å². The third-order valence-corrected chi connectivity index (χ3v) is 4.68. The number of nitrogens with zero attached hydrogens (tertiary/aromatic N) is 2. The number of benzene rings is 1. The van der Waals surface area contributed by atoms with Gasteiger partial charge in [-0.1, -0.05) is 13.8 Å². The first-order valence-corrected chi connectivity index (χ1v) is 8.28. The Labute approximate surface area is 140 Å². The summed E-state index contributed by atoms with van der Waals surface area (Å²) in [7, 11) is 0. The molecule has 0 bridgehead atoms. The standard InChI is InChI=1S/C18H20ClFN2O/c1-10(2)12-4-5-23-17-14(6-12)7-13(8-15(17)20)16-11(3)9-21-18(19)22-16/h7-10,12H,4-6H2,1-3H3. The molecule has 1 aromatic carbocycles. The highest BCUT2D eigenvalue weighted by Crippen LogP contribution is 2.36. The zero-order valence-electron chi connectivity index (χ0n) is 13.6. The van der Waals surface area contributed by atoms with Crippen LogP contribution < -0.4 is 4.74 Å². The van der Waals surface area contributed by atoms with Crippen LogP contribution in [0.1, 0.15) is 31.4 Å². The number of aromatic nitrogens is 2. The van der Waals surface area contributed by atoms with Gasteiger partial charge < -0.3 is 4.74 Å². The maximum atomic E-state index is 14.6. The summed E-state index contributed by atoms with van der Waals surface area (Å²) >= 11 is 5.90. The average molecular weight is 335 g/mol. The topological polar surface area (TPSA) is 35.0 Å². The molecular weight excluding hydrogens is 315 g/mol. The van der Waals surface area contributed by atoms with Crippen LogP contribution in [-0.2, 0) is 6.42 Å². The fourth-order valence-electron chi connectivity index (χ4n) is 3.08. The zero-order chi connectivity index (χ0) is 16.6.